The minimum atomic E-state index is 0.200. The molecule has 0 radical (unpaired) electrons. The van der Waals surface area contributed by atoms with E-state index in [9.17, 15) is 4.79 Å². The van der Waals surface area contributed by atoms with Crippen LogP contribution in [0.4, 0.5) is 0 Å². The van der Waals surface area contributed by atoms with Crippen LogP contribution in [0.5, 0.6) is 0 Å². The Hall–Kier alpha value is -0.820. The van der Waals surface area contributed by atoms with Gasteiger partial charge in [0.25, 0.3) is 0 Å². The van der Waals surface area contributed by atoms with Crippen molar-refractivity contribution in [3.05, 3.63) is 34.9 Å². The smallest absolute Gasteiger partial charge is 0.140 e. The summed E-state index contributed by atoms with van der Waals surface area (Å²) in [6.45, 7) is 4.25. The predicted octanol–water partition coefficient (Wildman–Crippen LogP) is 4.67. The summed E-state index contributed by atoms with van der Waals surface area (Å²) < 4.78 is 0. The number of Topliss-reactive ketones (excluding diaryl/α,β-unsaturated/α-hetero) is 1. The van der Waals surface area contributed by atoms with Gasteiger partial charge in [0.05, 0.1) is 0 Å². The molecule has 0 bridgehead atoms. The summed E-state index contributed by atoms with van der Waals surface area (Å²) >= 11 is 6.07. The molecule has 1 aromatic carbocycles. The lowest BCUT2D eigenvalue weighted by atomic mass is 9.91. The summed E-state index contributed by atoms with van der Waals surface area (Å²) in [5.41, 5.74) is 0.953. The van der Waals surface area contributed by atoms with E-state index in [1.807, 2.05) is 24.3 Å². The van der Waals surface area contributed by atoms with Gasteiger partial charge < -0.3 is 0 Å². The van der Waals surface area contributed by atoms with Crippen LogP contribution in [0.15, 0.2) is 24.3 Å². The van der Waals surface area contributed by atoms with Crippen molar-refractivity contribution in [2.75, 3.05) is 0 Å². The number of rotatable bonds is 7. The van der Waals surface area contributed by atoms with Gasteiger partial charge >= 0.3 is 0 Å². The lowest BCUT2D eigenvalue weighted by Crippen LogP contribution is -2.16. The second-order valence-electron chi connectivity index (χ2n) is 4.48. The second-order valence-corrected chi connectivity index (χ2v) is 4.89. The Bertz CT molecular complexity index is 360. The first-order chi connectivity index (χ1) is 8.19. The topological polar surface area (TPSA) is 17.1 Å². The zero-order chi connectivity index (χ0) is 12.7. The number of unbranched alkanes of at least 4 members (excludes halogenated alkanes) is 1. The molecule has 1 aromatic rings. The van der Waals surface area contributed by atoms with Gasteiger partial charge in [0.15, 0.2) is 0 Å². The van der Waals surface area contributed by atoms with E-state index >= 15 is 0 Å². The molecule has 1 unspecified atom stereocenters. The van der Waals surface area contributed by atoms with E-state index in [2.05, 4.69) is 13.8 Å². The average Bonchev–Trinajstić information content (AvgIpc) is 2.33. The first kappa shape index (κ1) is 14.2. The van der Waals surface area contributed by atoms with Crippen LogP contribution in [-0.4, -0.2) is 5.78 Å². The van der Waals surface area contributed by atoms with Gasteiger partial charge in [-0.25, -0.2) is 0 Å². The first-order valence-electron chi connectivity index (χ1n) is 6.45. The third-order valence-electron chi connectivity index (χ3n) is 3.18. The molecule has 0 saturated carbocycles. The van der Waals surface area contributed by atoms with Gasteiger partial charge in [-0.3, -0.25) is 4.79 Å². The highest BCUT2D eigenvalue weighted by molar-refractivity contribution is 6.31. The third-order valence-corrected chi connectivity index (χ3v) is 3.55. The number of hydrogen-bond donors (Lipinski definition) is 0. The highest BCUT2D eigenvalue weighted by Crippen LogP contribution is 2.20. The molecule has 1 atom stereocenters. The maximum absolute atomic E-state index is 12.1. The minimum Gasteiger partial charge on any atom is -0.299 e. The van der Waals surface area contributed by atoms with Gasteiger partial charge in [0.1, 0.15) is 5.78 Å². The van der Waals surface area contributed by atoms with E-state index in [4.69, 9.17) is 11.6 Å². The highest BCUT2D eigenvalue weighted by atomic mass is 35.5. The monoisotopic (exact) mass is 252 g/mol. The van der Waals surface area contributed by atoms with Crippen molar-refractivity contribution >= 4 is 17.4 Å². The number of hydrogen-bond acceptors (Lipinski definition) is 1. The van der Waals surface area contributed by atoms with Crippen LogP contribution in [-0.2, 0) is 11.2 Å². The zero-order valence-electron chi connectivity index (χ0n) is 10.7. The van der Waals surface area contributed by atoms with Crippen molar-refractivity contribution in [1.82, 2.24) is 0 Å². The number of benzene rings is 1. The van der Waals surface area contributed by atoms with Gasteiger partial charge in [-0.15, -0.1) is 0 Å². The molecule has 0 aliphatic carbocycles. The average molecular weight is 253 g/mol. The van der Waals surface area contributed by atoms with E-state index < -0.39 is 0 Å². The fourth-order valence-electron chi connectivity index (χ4n) is 2.02. The molecule has 17 heavy (non-hydrogen) atoms. The van der Waals surface area contributed by atoms with Gasteiger partial charge in [-0.1, -0.05) is 56.5 Å². The Morgan fingerprint density at radius 3 is 2.59 bits per heavy atom. The number of ketones is 1. The Labute approximate surface area is 109 Å². The van der Waals surface area contributed by atoms with Crippen molar-refractivity contribution in [3.63, 3.8) is 0 Å². The SMILES string of the molecule is CCCCC(CC)C(=O)Cc1ccccc1Cl. The lowest BCUT2D eigenvalue weighted by molar-refractivity contribution is -0.122. The van der Waals surface area contributed by atoms with Gasteiger partial charge in [0, 0.05) is 17.4 Å². The van der Waals surface area contributed by atoms with E-state index in [1.54, 1.807) is 0 Å². The normalized spacial score (nSPS) is 12.4. The first-order valence-corrected chi connectivity index (χ1v) is 6.82. The van der Waals surface area contributed by atoms with E-state index in [0.717, 1.165) is 31.2 Å². The summed E-state index contributed by atoms with van der Waals surface area (Å²) in [5, 5.41) is 0.700. The summed E-state index contributed by atoms with van der Waals surface area (Å²) in [7, 11) is 0. The summed E-state index contributed by atoms with van der Waals surface area (Å²) in [6, 6.07) is 7.61. The van der Waals surface area contributed by atoms with Crippen molar-refractivity contribution in [2.45, 2.75) is 46.0 Å². The zero-order valence-corrected chi connectivity index (χ0v) is 11.5. The quantitative estimate of drug-likeness (QED) is 0.689. The molecule has 0 aliphatic rings. The molecule has 0 saturated heterocycles. The fraction of sp³-hybridized carbons (Fsp3) is 0.533. The Morgan fingerprint density at radius 1 is 1.29 bits per heavy atom. The Kier molecular flexibility index (Phi) is 6.28. The molecule has 2 heteroatoms. The molecule has 0 amide bonds. The molecular formula is C15H21ClO. The maximum Gasteiger partial charge on any atom is 0.140 e. The molecule has 94 valence electrons. The molecule has 0 aromatic heterocycles. The number of carbonyl (C=O) groups excluding carboxylic acids is 1. The Morgan fingerprint density at radius 2 is 2.00 bits per heavy atom. The molecule has 0 spiro atoms. The van der Waals surface area contributed by atoms with Gasteiger partial charge in [-0.05, 0) is 24.5 Å². The Balaban J connectivity index is 2.61. The van der Waals surface area contributed by atoms with Crippen LogP contribution in [0.1, 0.15) is 45.1 Å². The number of carbonyl (C=O) groups is 1. The van der Waals surface area contributed by atoms with Crippen molar-refractivity contribution < 1.29 is 4.79 Å². The van der Waals surface area contributed by atoms with Gasteiger partial charge in [0.2, 0.25) is 0 Å². The molecule has 1 nitrogen and oxygen atoms in total. The fourth-order valence-corrected chi connectivity index (χ4v) is 2.22. The highest BCUT2D eigenvalue weighted by Gasteiger charge is 2.16. The van der Waals surface area contributed by atoms with Crippen molar-refractivity contribution in [1.29, 1.82) is 0 Å². The summed E-state index contributed by atoms with van der Waals surface area (Å²) in [5.74, 6) is 0.528. The van der Waals surface area contributed by atoms with Crippen LogP contribution in [0.3, 0.4) is 0 Å². The summed E-state index contributed by atoms with van der Waals surface area (Å²) in [6.07, 6.45) is 4.70. The second kappa shape index (κ2) is 7.50. The predicted molar refractivity (Wildman–Crippen MR) is 73.5 cm³/mol. The van der Waals surface area contributed by atoms with Crippen LogP contribution in [0, 0.1) is 5.92 Å². The van der Waals surface area contributed by atoms with Crippen LogP contribution in [0.2, 0.25) is 5.02 Å². The molecule has 0 N–H and O–H groups in total. The van der Waals surface area contributed by atoms with Gasteiger partial charge in [-0.2, -0.15) is 0 Å². The molecule has 0 fully saturated rings. The molecular weight excluding hydrogens is 232 g/mol. The van der Waals surface area contributed by atoms with Crippen LogP contribution < -0.4 is 0 Å². The lowest BCUT2D eigenvalue weighted by Gasteiger charge is -2.13. The summed E-state index contributed by atoms with van der Waals surface area (Å²) in [4.78, 5) is 12.1. The molecule has 0 aliphatic heterocycles. The molecule has 0 heterocycles. The largest absolute Gasteiger partial charge is 0.299 e. The minimum absolute atomic E-state index is 0.200. The van der Waals surface area contributed by atoms with Crippen LogP contribution >= 0.6 is 11.6 Å². The standard InChI is InChI=1S/C15H21ClO/c1-3-5-8-12(4-2)15(17)11-13-9-6-7-10-14(13)16/h6-7,9-10,12H,3-5,8,11H2,1-2H3. The number of halogens is 1. The van der Waals surface area contributed by atoms with E-state index in [1.165, 1.54) is 0 Å². The maximum atomic E-state index is 12.1. The van der Waals surface area contributed by atoms with E-state index in [-0.39, 0.29) is 5.92 Å². The third kappa shape index (κ3) is 4.51. The van der Waals surface area contributed by atoms with Crippen molar-refractivity contribution in [2.24, 2.45) is 5.92 Å². The molecule has 1 rings (SSSR count). The van der Waals surface area contributed by atoms with Crippen LogP contribution in [0.25, 0.3) is 0 Å². The van der Waals surface area contributed by atoms with Crippen molar-refractivity contribution in [3.8, 4) is 0 Å². The van der Waals surface area contributed by atoms with E-state index in [0.29, 0.717) is 17.2 Å².